The van der Waals surface area contributed by atoms with E-state index in [2.05, 4.69) is 10.3 Å². The molecular weight excluding hydrogens is 284 g/mol. The highest BCUT2D eigenvalue weighted by atomic mass is 16.4. The van der Waals surface area contributed by atoms with Gasteiger partial charge in [0.15, 0.2) is 6.39 Å². The number of nitrogens with one attached hydrogen (secondary N) is 1. The lowest BCUT2D eigenvalue weighted by Crippen LogP contribution is -2.37. The Morgan fingerprint density at radius 3 is 2.73 bits per heavy atom. The molecule has 1 aromatic heterocycles. The van der Waals surface area contributed by atoms with Gasteiger partial charge in [-0.3, -0.25) is 9.59 Å². The molecule has 1 aliphatic carbocycles. The Labute approximate surface area is 130 Å². The first-order chi connectivity index (χ1) is 10.6. The van der Waals surface area contributed by atoms with Crippen molar-refractivity contribution in [3.63, 3.8) is 0 Å². The number of oxazole rings is 1. The van der Waals surface area contributed by atoms with Crippen LogP contribution in [-0.4, -0.2) is 28.0 Å². The first-order valence-electron chi connectivity index (χ1n) is 7.99. The van der Waals surface area contributed by atoms with E-state index < -0.39 is 5.97 Å². The van der Waals surface area contributed by atoms with Gasteiger partial charge in [0.1, 0.15) is 0 Å². The fourth-order valence-electron chi connectivity index (χ4n) is 3.14. The zero-order valence-corrected chi connectivity index (χ0v) is 13.0. The highest BCUT2D eigenvalue weighted by Crippen LogP contribution is 2.28. The molecule has 1 unspecified atom stereocenters. The Morgan fingerprint density at radius 1 is 1.41 bits per heavy atom. The summed E-state index contributed by atoms with van der Waals surface area (Å²) in [6.07, 6.45) is 8.67. The smallest absolute Gasteiger partial charge is 0.303 e. The van der Waals surface area contributed by atoms with E-state index >= 15 is 0 Å². The Kier molecular flexibility index (Phi) is 5.98. The SMILES string of the molecule is Cc1ncoc1C(=O)NC(CCC(=O)O)CC1CCCCC1. The highest BCUT2D eigenvalue weighted by Gasteiger charge is 2.23. The average Bonchev–Trinajstić information content (AvgIpc) is 2.92. The normalized spacial score (nSPS) is 17.1. The molecule has 0 saturated heterocycles. The number of aromatic nitrogens is 1. The van der Waals surface area contributed by atoms with E-state index in [0.717, 1.165) is 6.42 Å². The molecule has 1 amide bonds. The van der Waals surface area contributed by atoms with E-state index in [-0.39, 0.29) is 24.1 Å². The second-order valence-electron chi connectivity index (χ2n) is 6.11. The van der Waals surface area contributed by atoms with Crippen LogP contribution < -0.4 is 5.32 Å². The molecule has 122 valence electrons. The van der Waals surface area contributed by atoms with E-state index in [9.17, 15) is 9.59 Å². The van der Waals surface area contributed by atoms with Gasteiger partial charge in [0.2, 0.25) is 5.76 Å². The molecule has 22 heavy (non-hydrogen) atoms. The summed E-state index contributed by atoms with van der Waals surface area (Å²) in [5, 5.41) is 11.8. The number of carboxylic acids is 1. The van der Waals surface area contributed by atoms with Crippen molar-refractivity contribution in [1.29, 1.82) is 0 Å². The third-order valence-corrected chi connectivity index (χ3v) is 4.34. The third-order valence-electron chi connectivity index (χ3n) is 4.34. The van der Waals surface area contributed by atoms with Crippen molar-refractivity contribution in [3.8, 4) is 0 Å². The Hall–Kier alpha value is -1.85. The van der Waals surface area contributed by atoms with Crippen molar-refractivity contribution in [2.24, 2.45) is 5.92 Å². The van der Waals surface area contributed by atoms with Crippen LogP contribution in [0, 0.1) is 12.8 Å². The van der Waals surface area contributed by atoms with Gasteiger partial charge in [-0.1, -0.05) is 32.1 Å². The zero-order chi connectivity index (χ0) is 15.9. The van der Waals surface area contributed by atoms with Crippen LogP contribution in [0.5, 0.6) is 0 Å². The van der Waals surface area contributed by atoms with Crippen LogP contribution in [0.3, 0.4) is 0 Å². The van der Waals surface area contributed by atoms with Gasteiger partial charge in [0.05, 0.1) is 5.69 Å². The fourth-order valence-corrected chi connectivity index (χ4v) is 3.14. The van der Waals surface area contributed by atoms with Crippen molar-refractivity contribution in [2.45, 2.75) is 64.3 Å². The number of hydrogen-bond donors (Lipinski definition) is 2. The van der Waals surface area contributed by atoms with Gasteiger partial charge in [0, 0.05) is 12.5 Å². The highest BCUT2D eigenvalue weighted by molar-refractivity contribution is 5.92. The third kappa shape index (κ3) is 4.86. The standard InChI is InChI=1S/C16H24N2O4/c1-11-15(22-10-17-11)16(21)18-13(7-8-14(19)20)9-12-5-3-2-4-6-12/h10,12-13H,2-9H2,1H3,(H,18,21)(H,19,20). The number of nitrogens with zero attached hydrogens (tertiary/aromatic N) is 1. The first kappa shape index (κ1) is 16.5. The predicted octanol–water partition coefficient (Wildman–Crippen LogP) is 2.92. The van der Waals surface area contributed by atoms with E-state index in [0.29, 0.717) is 18.0 Å². The molecule has 0 aliphatic heterocycles. The Morgan fingerprint density at radius 2 is 2.14 bits per heavy atom. The molecule has 1 aliphatic rings. The number of aryl methyl sites for hydroxylation is 1. The van der Waals surface area contributed by atoms with Gasteiger partial charge in [0.25, 0.3) is 5.91 Å². The molecule has 1 aromatic rings. The Balaban J connectivity index is 1.95. The van der Waals surface area contributed by atoms with E-state index in [1.165, 1.54) is 38.5 Å². The first-order valence-corrected chi connectivity index (χ1v) is 7.99. The topological polar surface area (TPSA) is 92.4 Å². The van der Waals surface area contributed by atoms with Crippen molar-refractivity contribution >= 4 is 11.9 Å². The van der Waals surface area contributed by atoms with E-state index in [4.69, 9.17) is 9.52 Å². The molecule has 6 heteroatoms. The zero-order valence-electron chi connectivity index (χ0n) is 13.0. The number of carbonyl (C=O) groups excluding carboxylic acids is 1. The van der Waals surface area contributed by atoms with Crippen LogP contribution >= 0.6 is 0 Å². The van der Waals surface area contributed by atoms with Crippen LogP contribution in [0.2, 0.25) is 0 Å². The summed E-state index contributed by atoms with van der Waals surface area (Å²) in [7, 11) is 0. The molecule has 1 fully saturated rings. The lowest BCUT2D eigenvalue weighted by Gasteiger charge is -2.26. The molecule has 0 spiro atoms. The van der Waals surface area contributed by atoms with Gasteiger partial charge >= 0.3 is 5.97 Å². The van der Waals surface area contributed by atoms with Crippen LogP contribution in [0.15, 0.2) is 10.8 Å². The molecule has 0 bridgehead atoms. The quantitative estimate of drug-likeness (QED) is 0.808. The number of carboxylic acid groups (broad SMARTS) is 1. The second-order valence-corrected chi connectivity index (χ2v) is 6.11. The predicted molar refractivity (Wildman–Crippen MR) is 80.6 cm³/mol. The van der Waals surface area contributed by atoms with Gasteiger partial charge in [-0.2, -0.15) is 0 Å². The molecule has 2 N–H and O–H groups in total. The van der Waals surface area contributed by atoms with E-state index in [1.54, 1.807) is 6.92 Å². The molecule has 0 radical (unpaired) electrons. The molecule has 1 atom stereocenters. The van der Waals surface area contributed by atoms with Gasteiger partial charge < -0.3 is 14.8 Å². The lowest BCUT2D eigenvalue weighted by atomic mass is 9.84. The van der Waals surface area contributed by atoms with Crippen molar-refractivity contribution in [2.75, 3.05) is 0 Å². The maximum Gasteiger partial charge on any atom is 0.303 e. The number of rotatable bonds is 7. The van der Waals surface area contributed by atoms with Crippen molar-refractivity contribution in [3.05, 3.63) is 17.8 Å². The monoisotopic (exact) mass is 308 g/mol. The summed E-state index contributed by atoms with van der Waals surface area (Å²) in [4.78, 5) is 27.0. The average molecular weight is 308 g/mol. The van der Waals surface area contributed by atoms with Crippen LogP contribution in [0.25, 0.3) is 0 Å². The molecule has 0 aromatic carbocycles. The van der Waals surface area contributed by atoms with Crippen molar-refractivity contribution < 1.29 is 19.1 Å². The number of carbonyl (C=O) groups is 2. The molecular formula is C16H24N2O4. The number of hydrogen-bond acceptors (Lipinski definition) is 4. The number of aliphatic carboxylic acids is 1. The fraction of sp³-hybridized carbons (Fsp3) is 0.688. The summed E-state index contributed by atoms with van der Waals surface area (Å²) in [5.41, 5.74) is 0.548. The minimum Gasteiger partial charge on any atom is -0.481 e. The summed E-state index contributed by atoms with van der Waals surface area (Å²) in [6.45, 7) is 1.71. The van der Waals surface area contributed by atoms with Gasteiger partial charge in [-0.05, 0) is 25.7 Å². The molecule has 1 saturated carbocycles. The van der Waals surface area contributed by atoms with Crippen LogP contribution in [0.4, 0.5) is 0 Å². The minimum atomic E-state index is -0.835. The second kappa shape index (κ2) is 7.96. The largest absolute Gasteiger partial charge is 0.481 e. The lowest BCUT2D eigenvalue weighted by molar-refractivity contribution is -0.137. The Bertz CT molecular complexity index is 506. The van der Waals surface area contributed by atoms with Crippen LogP contribution in [-0.2, 0) is 4.79 Å². The van der Waals surface area contributed by atoms with Crippen molar-refractivity contribution in [1.82, 2.24) is 10.3 Å². The maximum absolute atomic E-state index is 12.2. The maximum atomic E-state index is 12.2. The summed E-state index contributed by atoms with van der Waals surface area (Å²) in [5.74, 6) is -0.354. The van der Waals surface area contributed by atoms with Gasteiger partial charge in [-0.15, -0.1) is 0 Å². The molecule has 2 rings (SSSR count). The minimum absolute atomic E-state index is 0.0626. The van der Waals surface area contributed by atoms with Crippen LogP contribution in [0.1, 0.15) is 67.6 Å². The summed E-state index contributed by atoms with van der Waals surface area (Å²) in [6, 6.07) is -0.129. The number of amides is 1. The molecule has 6 nitrogen and oxygen atoms in total. The van der Waals surface area contributed by atoms with E-state index in [1.807, 2.05) is 0 Å². The van der Waals surface area contributed by atoms with Gasteiger partial charge in [-0.25, -0.2) is 4.98 Å². The molecule has 1 heterocycles. The summed E-state index contributed by atoms with van der Waals surface area (Å²) >= 11 is 0. The summed E-state index contributed by atoms with van der Waals surface area (Å²) < 4.78 is 5.10.